The number of hydrogen-bond acceptors (Lipinski definition) is 3. The lowest BCUT2D eigenvalue weighted by atomic mass is 9.95. The van der Waals surface area contributed by atoms with Gasteiger partial charge in [-0.15, -0.1) is 11.8 Å². The average Bonchev–Trinajstić information content (AvgIpc) is 2.89. The van der Waals surface area contributed by atoms with Gasteiger partial charge in [-0.05, 0) is 50.3 Å². The summed E-state index contributed by atoms with van der Waals surface area (Å²) in [7, 11) is 0. The zero-order chi connectivity index (χ0) is 14.7. The van der Waals surface area contributed by atoms with Gasteiger partial charge in [0.25, 0.3) is 0 Å². The molecule has 1 heterocycles. The number of imidazole rings is 1. The van der Waals surface area contributed by atoms with Gasteiger partial charge in [-0.2, -0.15) is 0 Å². The van der Waals surface area contributed by atoms with Crippen LogP contribution >= 0.6 is 11.8 Å². The summed E-state index contributed by atoms with van der Waals surface area (Å²) >= 11 is 1.77. The molecule has 21 heavy (non-hydrogen) atoms. The second-order valence-electron chi connectivity index (χ2n) is 5.76. The first-order chi connectivity index (χ1) is 10.3. The van der Waals surface area contributed by atoms with Crippen LogP contribution < -0.4 is 5.32 Å². The summed E-state index contributed by atoms with van der Waals surface area (Å²) < 4.78 is 2.34. The van der Waals surface area contributed by atoms with E-state index < -0.39 is 0 Å². The molecular formula is C17H23N3S. The molecule has 1 N–H and O–H groups in total. The van der Waals surface area contributed by atoms with Gasteiger partial charge in [-0.3, -0.25) is 0 Å². The molecule has 0 saturated heterocycles. The molecule has 0 aliphatic heterocycles. The molecule has 0 spiro atoms. The Labute approximate surface area is 131 Å². The molecule has 2 aromatic rings. The van der Waals surface area contributed by atoms with Gasteiger partial charge >= 0.3 is 0 Å². The van der Waals surface area contributed by atoms with Gasteiger partial charge in [0.15, 0.2) is 0 Å². The quantitative estimate of drug-likeness (QED) is 0.791. The van der Waals surface area contributed by atoms with E-state index in [0.29, 0.717) is 6.04 Å². The van der Waals surface area contributed by atoms with E-state index in [1.54, 1.807) is 11.8 Å². The highest BCUT2D eigenvalue weighted by atomic mass is 32.2. The topological polar surface area (TPSA) is 29.9 Å². The maximum absolute atomic E-state index is 4.67. The van der Waals surface area contributed by atoms with Crippen molar-refractivity contribution in [3.05, 3.63) is 36.2 Å². The van der Waals surface area contributed by atoms with E-state index in [2.05, 4.69) is 58.5 Å². The minimum Gasteiger partial charge on any atom is -0.326 e. The Morgan fingerprint density at radius 1 is 1.14 bits per heavy atom. The molecule has 1 saturated carbocycles. The summed E-state index contributed by atoms with van der Waals surface area (Å²) in [5, 5.41) is 3.48. The zero-order valence-corrected chi connectivity index (χ0v) is 13.6. The van der Waals surface area contributed by atoms with Gasteiger partial charge in [0.1, 0.15) is 0 Å². The van der Waals surface area contributed by atoms with Crippen LogP contribution in [0, 0.1) is 6.92 Å². The predicted octanol–water partition coefficient (Wildman–Crippen LogP) is 5.16. The summed E-state index contributed by atoms with van der Waals surface area (Å²) in [4.78, 5) is 5.95. The van der Waals surface area contributed by atoms with Crippen LogP contribution in [0.15, 0.2) is 35.4 Å². The molecule has 0 radical (unpaired) electrons. The molecule has 4 heteroatoms. The number of anilines is 2. The average molecular weight is 301 g/mol. The highest BCUT2D eigenvalue weighted by molar-refractivity contribution is 7.98. The minimum absolute atomic E-state index is 0.605. The number of hydrogen-bond donors (Lipinski definition) is 1. The molecule has 1 aromatic heterocycles. The van der Waals surface area contributed by atoms with Gasteiger partial charge in [0, 0.05) is 22.8 Å². The van der Waals surface area contributed by atoms with Crippen LogP contribution in [0.25, 0.3) is 0 Å². The number of benzene rings is 1. The summed E-state index contributed by atoms with van der Waals surface area (Å²) in [6.07, 6.45) is 10.9. The molecule has 0 bridgehead atoms. The van der Waals surface area contributed by atoms with E-state index in [1.807, 2.05) is 0 Å². The van der Waals surface area contributed by atoms with Gasteiger partial charge < -0.3 is 9.88 Å². The fourth-order valence-electron chi connectivity index (χ4n) is 3.05. The largest absolute Gasteiger partial charge is 0.326 e. The van der Waals surface area contributed by atoms with Crippen LogP contribution in [0.5, 0.6) is 0 Å². The highest BCUT2D eigenvalue weighted by Gasteiger charge is 2.18. The zero-order valence-electron chi connectivity index (χ0n) is 12.8. The van der Waals surface area contributed by atoms with Crippen molar-refractivity contribution in [2.75, 3.05) is 11.6 Å². The van der Waals surface area contributed by atoms with Crippen molar-refractivity contribution in [2.45, 2.75) is 50.0 Å². The van der Waals surface area contributed by atoms with Crippen molar-refractivity contribution in [3.63, 3.8) is 0 Å². The first-order valence-corrected chi connectivity index (χ1v) is 8.95. The van der Waals surface area contributed by atoms with Crippen molar-refractivity contribution >= 4 is 23.4 Å². The van der Waals surface area contributed by atoms with E-state index in [9.17, 15) is 0 Å². The summed E-state index contributed by atoms with van der Waals surface area (Å²) in [5.74, 6) is 0.983. The fourth-order valence-corrected chi connectivity index (χ4v) is 3.46. The lowest BCUT2D eigenvalue weighted by Gasteiger charge is -2.24. The van der Waals surface area contributed by atoms with Crippen LogP contribution in [-0.2, 0) is 0 Å². The first kappa shape index (κ1) is 14.5. The molecule has 3 nitrogen and oxygen atoms in total. The molecule has 0 amide bonds. The monoisotopic (exact) mass is 301 g/mol. The Kier molecular flexibility index (Phi) is 4.54. The molecule has 3 rings (SSSR count). The van der Waals surface area contributed by atoms with Crippen molar-refractivity contribution < 1.29 is 0 Å². The molecular weight excluding hydrogens is 278 g/mol. The molecule has 0 atom stereocenters. The lowest BCUT2D eigenvalue weighted by molar-refractivity contribution is 0.356. The van der Waals surface area contributed by atoms with Crippen molar-refractivity contribution in [1.29, 1.82) is 0 Å². The smallest absolute Gasteiger partial charge is 0.207 e. The van der Waals surface area contributed by atoms with Crippen LogP contribution in [-0.4, -0.2) is 15.8 Å². The molecule has 1 aromatic carbocycles. The Bertz CT molecular complexity index is 583. The molecule has 0 unspecified atom stereocenters. The maximum Gasteiger partial charge on any atom is 0.207 e. The number of nitrogens with zero attached hydrogens (tertiary/aromatic N) is 2. The Balaban J connectivity index is 1.80. The lowest BCUT2D eigenvalue weighted by Crippen LogP contribution is -2.14. The second kappa shape index (κ2) is 6.56. The predicted molar refractivity (Wildman–Crippen MR) is 90.6 cm³/mol. The van der Waals surface area contributed by atoms with E-state index in [0.717, 1.165) is 17.3 Å². The minimum atomic E-state index is 0.605. The summed E-state index contributed by atoms with van der Waals surface area (Å²) in [5.41, 5.74) is 2.19. The van der Waals surface area contributed by atoms with Gasteiger partial charge in [0.2, 0.25) is 5.95 Å². The Morgan fingerprint density at radius 2 is 1.86 bits per heavy atom. The Morgan fingerprint density at radius 3 is 2.52 bits per heavy atom. The SMILES string of the molecule is CSc1ccc(Nc2nc(C)cn2C2CCCCC2)cc1. The Hall–Kier alpha value is -1.42. The standard InChI is InChI=1S/C17H23N3S/c1-13-12-20(15-6-4-3-5-7-15)17(18-13)19-14-8-10-16(21-2)11-9-14/h8-12,15H,3-7H2,1-2H3,(H,18,19). The highest BCUT2D eigenvalue weighted by Crippen LogP contribution is 2.31. The van der Waals surface area contributed by atoms with E-state index >= 15 is 0 Å². The van der Waals surface area contributed by atoms with Gasteiger partial charge in [0.05, 0.1) is 5.69 Å². The van der Waals surface area contributed by atoms with Crippen molar-refractivity contribution in [1.82, 2.24) is 9.55 Å². The second-order valence-corrected chi connectivity index (χ2v) is 6.64. The fraction of sp³-hybridized carbons (Fsp3) is 0.471. The number of aryl methyl sites for hydroxylation is 1. The third-order valence-corrected chi connectivity index (χ3v) is 4.91. The van der Waals surface area contributed by atoms with Gasteiger partial charge in [-0.1, -0.05) is 19.3 Å². The van der Waals surface area contributed by atoms with Crippen LogP contribution in [0.4, 0.5) is 11.6 Å². The van der Waals surface area contributed by atoms with Crippen LogP contribution in [0.2, 0.25) is 0 Å². The molecule has 1 aliphatic carbocycles. The van der Waals surface area contributed by atoms with E-state index in [-0.39, 0.29) is 0 Å². The van der Waals surface area contributed by atoms with E-state index in [4.69, 9.17) is 0 Å². The summed E-state index contributed by atoms with van der Waals surface area (Å²) in [6.45, 7) is 2.07. The first-order valence-electron chi connectivity index (χ1n) is 7.73. The van der Waals surface area contributed by atoms with Crippen molar-refractivity contribution in [3.8, 4) is 0 Å². The number of rotatable bonds is 4. The number of nitrogens with one attached hydrogen (secondary N) is 1. The van der Waals surface area contributed by atoms with Crippen molar-refractivity contribution in [2.24, 2.45) is 0 Å². The molecule has 112 valence electrons. The molecule has 1 aliphatic rings. The third-order valence-electron chi connectivity index (χ3n) is 4.17. The van der Waals surface area contributed by atoms with Crippen LogP contribution in [0.1, 0.15) is 43.8 Å². The normalized spacial score (nSPS) is 16.1. The maximum atomic E-state index is 4.67. The molecule has 1 fully saturated rings. The summed E-state index contributed by atoms with van der Waals surface area (Å²) in [6, 6.07) is 9.15. The third kappa shape index (κ3) is 3.43. The number of thioether (sulfide) groups is 1. The van der Waals surface area contributed by atoms with Gasteiger partial charge in [-0.25, -0.2) is 4.98 Å². The van der Waals surface area contributed by atoms with E-state index in [1.165, 1.54) is 37.0 Å². The van der Waals surface area contributed by atoms with Crippen LogP contribution in [0.3, 0.4) is 0 Å². The number of aromatic nitrogens is 2.